The van der Waals surface area contributed by atoms with Crippen LogP contribution in [0, 0.1) is 23.1 Å². The van der Waals surface area contributed by atoms with E-state index in [1.54, 1.807) is 11.0 Å². The lowest BCUT2D eigenvalue weighted by atomic mass is 9.98. The highest BCUT2D eigenvalue weighted by Gasteiger charge is 2.27. The Balaban J connectivity index is 1.80. The van der Waals surface area contributed by atoms with E-state index in [4.69, 9.17) is 14.7 Å². The normalized spacial score (nSPS) is 14.9. The number of halogens is 1. The zero-order valence-electron chi connectivity index (χ0n) is 16.5. The molecular weight excluding hydrogens is 365 g/mol. The molecule has 1 aromatic rings. The number of carbonyl (C=O) groups is 2. The van der Waals surface area contributed by atoms with Crippen molar-refractivity contribution in [2.24, 2.45) is 5.92 Å². The highest BCUT2D eigenvalue weighted by molar-refractivity contribution is 5.92. The molecule has 0 bridgehead atoms. The Labute approximate surface area is 164 Å². The van der Waals surface area contributed by atoms with E-state index in [0.29, 0.717) is 19.7 Å². The summed E-state index contributed by atoms with van der Waals surface area (Å²) in [6, 6.07) is 5.87. The van der Waals surface area contributed by atoms with Crippen molar-refractivity contribution in [2.45, 2.75) is 45.6 Å². The number of amides is 2. The number of benzene rings is 1. The summed E-state index contributed by atoms with van der Waals surface area (Å²) in [6.45, 7) is 7.00. The molecule has 152 valence electrons. The van der Waals surface area contributed by atoms with Crippen molar-refractivity contribution >= 4 is 17.7 Å². The topological polar surface area (TPSA) is 91.7 Å². The van der Waals surface area contributed by atoms with Crippen molar-refractivity contribution in [3.63, 3.8) is 0 Å². The van der Waals surface area contributed by atoms with Gasteiger partial charge in [-0.15, -0.1) is 0 Å². The summed E-state index contributed by atoms with van der Waals surface area (Å²) in [5.74, 6) is -0.755. The Morgan fingerprint density at radius 2 is 2.00 bits per heavy atom. The molecule has 8 heteroatoms. The van der Waals surface area contributed by atoms with Gasteiger partial charge in [0.15, 0.2) is 11.6 Å². The van der Waals surface area contributed by atoms with E-state index in [1.807, 2.05) is 20.8 Å². The van der Waals surface area contributed by atoms with Gasteiger partial charge in [0, 0.05) is 24.8 Å². The van der Waals surface area contributed by atoms with Crippen molar-refractivity contribution in [2.75, 3.05) is 25.0 Å². The monoisotopic (exact) mass is 391 g/mol. The first-order valence-corrected chi connectivity index (χ1v) is 9.25. The van der Waals surface area contributed by atoms with Crippen LogP contribution in [-0.4, -0.2) is 42.2 Å². The van der Waals surface area contributed by atoms with Crippen LogP contribution in [-0.2, 0) is 9.53 Å². The van der Waals surface area contributed by atoms with Crippen LogP contribution >= 0.6 is 0 Å². The number of hydrogen-bond donors (Lipinski definition) is 1. The van der Waals surface area contributed by atoms with E-state index in [9.17, 15) is 14.0 Å². The second-order valence-electron chi connectivity index (χ2n) is 7.75. The molecule has 0 unspecified atom stereocenters. The van der Waals surface area contributed by atoms with Crippen molar-refractivity contribution in [3.8, 4) is 11.8 Å². The zero-order chi connectivity index (χ0) is 20.7. The highest BCUT2D eigenvalue weighted by Crippen LogP contribution is 2.24. The van der Waals surface area contributed by atoms with Crippen LogP contribution < -0.4 is 10.1 Å². The van der Waals surface area contributed by atoms with Gasteiger partial charge in [-0.2, -0.15) is 5.26 Å². The SMILES string of the molecule is CC(C)(C)OC(=O)N1CCC(COc2ccc(NC(=O)CC#N)cc2F)CC1. The predicted molar refractivity (Wildman–Crippen MR) is 101 cm³/mol. The van der Waals surface area contributed by atoms with Crippen LogP contribution in [0.25, 0.3) is 0 Å². The summed E-state index contributed by atoms with van der Waals surface area (Å²) >= 11 is 0. The third-order valence-corrected chi connectivity index (χ3v) is 4.20. The molecule has 7 nitrogen and oxygen atoms in total. The molecule has 0 saturated carbocycles. The van der Waals surface area contributed by atoms with Crippen LogP contribution in [0.15, 0.2) is 18.2 Å². The average molecular weight is 391 g/mol. The van der Waals surface area contributed by atoms with Gasteiger partial charge >= 0.3 is 6.09 Å². The Bertz CT molecular complexity index is 747. The number of nitrogens with one attached hydrogen (secondary N) is 1. The lowest BCUT2D eigenvalue weighted by Gasteiger charge is -2.33. The molecule has 1 aliphatic rings. The van der Waals surface area contributed by atoms with E-state index in [2.05, 4.69) is 5.32 Å². The highest BCUT2D eigenvalue weighted by atomic mass is 19.1. The van der Waals surface area contributed by atoms with E-state index in [1.165, 1.54) is 12.1 Å². The number of carbonyl (C=O) groups excluding carboxylic acids is 2. The molecule has 28 heavy (non-hydrogen) atoms. The molecule has 0 spiro atoms. The number of piperidine rings is 1. The van der Waals surface area contributed by atoms with Crippen molar-refractivity contribution in [3.05, 3.63) is 24.0 Å². The minimum Gasteiger partial charge on any atom is -0.490 e. The molecule has 1 fully saturated rings. The third-order valence-electron chi connectivity index (χ3n) is 4.20. The number of nitrogens with zero attached hydrogens (tertiary/aromatic N) is 2. The molecular formula is C20H26FN3O4. The van der Waals surface area contributed by atoms with Gasteiger partial charge in [-0.25, -0.2) is 9.18 Å². The third kappa shape index (κ3) is 6.72. The smallest absolute Gasteiger partial charge is 0.410 e. The van der Waals surface area contributed by atoms with Crippen LogP contribution in [0.1, 0.15) is 40.0 Å². The summed E-state index contributed by atoms with van der Waals surface area (Å²) in [7, 11) is 0. The van der Waals surface area contributed by atoms with Crippen LogP contribution in [0.3, 0.4) is 0 Å². The standard InChI is InChI=1S/C20H26FN3O4/c1-20(2,3)28-19(26)24-10-7-14(8-11-24)13-27-17-5-4-15(12-16(17)21)23-18(25)6-9-22/h4-5,12,14H,6-8,10-11,13H2,1-3H3,(H,23,25). The molecule has 0 aromatic heterocycles. The van der Waals surface area contributed by atoms with Crippen molar-refractivity contribution < 1.29 is 23.5 Å². The first-order chi connectivity index (χ1) is 13.2. The van der Waals surface area contributed by atoms with Gasteiger partial charge in [-0.1, -0.05) is 0 Å². The van der Waals surface area contributed by atoms with Gasteiger partial charge in [0.1, 0.15) is 12.0 Å². The first kappa shape index (κ1) is 21.5. The van der Waals surface area contributed by atoms with Crippen molar-refractivity contribution in [1.29, 1.82) is 5.26 Å². The second-order valence-corrected chi connectivity index (χ2v) is 7.75. The summed E-state index contributed by atoms with van der Waals surface area (Å²) < 4.78 is 25.1. The van der Waals surface area contributed by atoms with Crippen LogP contribution in [0.4, 0.5) is 14.9 Å². The second kappa shape index (κ2) is 9.40. The Morgan fingerprint density at radius 1 is 1.32 bits per heavy atom. The largest absolute Gasteiger partial charge is 0.490 e. The number of nitriles is 1. The van der Waals surface area contributed by atoms with Gasteiger partial charge in [0.05, 0.1) is 12.7 Å². The summed E-state index contributed by atoms with van der Waals surface area (Å²) in [4.78, 5) is 25.1. The van der Waals surface area contributed by atoms with Gasteiger partial charge in [-0.3, -0.25) is 4.79 Å². The van der Waals surface area contributed by atoms with Gasteiger partial charge in [0.2, 0.25) is 5.91 Å². The van der Waals surface area contributed by atoms with Crippen LogP contribution in [0.5, 0.6) is 5.75 Å². The molecule has 2 amide bonds. The average Bonchev–Trinajstić information content (AvgIpc) is 2.60. The molecule has 1 aliphatic heterocycles. The molecule has 0 radical (unpaired) electrons. The minimum atomic E-state index is -0.582. The van der Waals surface area contributed by atoms with Crippen LogP contribution in [0.2, 0.25) is 0 Å². The molecule has 1 heterocycles. The number of rotatable bonds is 5. The molecule has 1 saturated heterocycles. The molecule has 2 rings (SSSR count). The Kier molecular flexibility index (Phi) is 7.21. The maximum absolute atomic E-state index is 14.2. The lowest BCUT2D eigenvalue weighted by Crippen LogP contribution is -2.42. The number of likely N-dealkylation sites (tertiary alicyclic amines) is 1. The van der Waals surface area contributed by atoms with Gasteiger partial charge < -0.3 is 19.7 Å². The van der Waals surface area contributed by atoms with Gasteiger partial charge in [0.25, 0.3) is 0 Å². The Hall–Kier alpha value is -2.82. The fourth-order valence-electron chi connectivity index (χ4n) is 2.79. The lowest BCUT2D eigenvalue weighted by molar-refractivity contribution is -0.115. The molecule has 0 atom stereocenters. The number of anilines is 1. The quantitative estimate of drug-likeness (QED) is 0.826. The summed E-state index contributed by atoms with van der Waals surface area (Å²) in [5.41, 5.74) is -0.245. The molecule has 1 aromatic carbocycles. The maximum Gasteiger partial charge on any atom is 0.410 e. The maximum atomic E-state index is 14.2. The fraction of sp³-hybridized carbons (Fsp3) is 0.550. The zero-order valence-corrected chi connectivity index (χ0v) is 16.5. The number of hydrogen-bond acceptors (Lipinski definition) is 5. The minimum absolute atomic E-state index is 0.104. The molecule has 1 N–H and O–H groups in total. The van der Waals surface area contributed by atoms with E-state index in [0.717, 1.165) is 18.9 Å². The van der Waals surface area contributed by atoms with E-state index in [-0.39, 0.29) is 29.9 Å². The molecule has 0 aliphatic carbocycles. The fourth-order valence-corrected chi connectivity index (χ4v) is 2.79. The first-order valence-electron chi connectivity index (χ1n) is 9.25. The van der Waals surface area contributed by atoms with E-state index < -0.39 is 17.3 Å². The van der Waals surface area contributed by atoms with E-state index >= 15 is 0 Å². The summed E-state index contributed by atoms with van der Waals surface area (Å²) in [6.07, 6.45) is 0.903. The predicted octanol–water partition coefficient (Wildman–Crippen LogP) is 3.70. The Morgan fingerprint density at radius 3 is 2.57 bits per heavy atom. The van der Waals surface area contributed by atoms with Crippen molar-refractivity contribution in [1.82, 2.24) is 4.90 Å². The number of ether oxygens (including phenoxy) is 2. The summed E-state index contributed by atoms with van der Waals surface area (Å²) in [5, 5.41) is 10.9. The van der Waals surface area contributed by atoms with Gasteiger partial charge in [-0.05, 0) is 51.7 Å².